The lowest BCUT2D eigenvalue weighted by atomic mass is 10.2. The number of hydrogen-bond donors (Lipinski definition) is 1. The van der Waals surface area contributed by atoms with Crippen LogP contribution in [0.1, 0.15) is 19.4 Å². The van der Waals surface area contributed by atoms with Crippen molar-refractivity contribution < 1.29 is 17.3 Å². The molecule has 1 aromatic rings. The second kappa shape index (κ2) is 6.06. The summed E-state index contributed by atoms with van der Waals surface area (Å²) in [7, 11) is -2.09. The number of ether oxygens (including phenoxy) is 1. The summed E-state index contributed by atoms with van der Waals surface area (Å²) in [4.78, 5) is 0. The van der Waals surface area contributed by atoms with Crippen LogP contribution in [0.5, 0.6) is 11.5 Å². The Morgan fingerprint density at radius 2 is 1.94 bits per heavy atom. The molecule has 0 amide bonds. The third kappa shape index (κ3) is 4.93. The molecule has 5 nitrogen and oxygen atoms in total. The SMILES string of the molecule is COc1ccc(CNC(C)C)cc1OS(C)(=O)=O. The average Bonchev–Trinajstić information content (AvgIpc) is 2.24. The van der Waals surface area contributed by atoms with Gasteiger partial charge >= 0.3 is 10.1 Å². The maximum atomic E-state index is 11.2. The Morgan fingerprint density at radius 1 is 1.28 bits per heavy atom. The minimum atomic E-state index is -3.56. The summed E-state index contributed by atoms with van der Waals surface area (Å²) in [5, 5.41) is 3.24. The lowest BCUT2D eigenvalue weighted by Crippen LogP contribution is -2.21. The number of rotatable bonds is 6. The number of nitrogens with one attached hydrogen (secondary N) is 1. The Balaban J connectivity index is 2.94. The van der Waals surface area contributed by atoms with E-state index in [0.29, 0.717) is 18.3 Å². The Kier molecular flexibility index (Phi) is 4.98. The largest absolute Gasteiger partial charge is 0.493 e. The van der Waals surface area contributed by atoms with Crippen molar-refractivity contribution in [1.29, 1.82) is 0 Å². The fourth-order valence-electron chi connectivity index (χ4n) is 1.38. The maximum Gasteiger partial charge on any atom is 0.306 e. The standard InChI is InChI=1S/C12H19NO4S/c1-9(2)13-8-10-5-6-11(16-3)12(7-10)17-18(4,14)15/h5-7,9,13H,8H2,1-4H3. The topological polar surface area (TPSA) is 64.6 Å². The zero-order valence-corrected chi connectivity index (χ0v) is 11.9. The van der Waals surface area contributed by atoms with Gasteiger partial charge in [0.15, 0.2) is 11.5 Å². The molecule has 0 aromatic heterocycles. The van der Waals surface area contributed by atoms with Crippen molar-refractivity contribution in [3.05, 3.63) is 23.8 Å². The lowest BCUT2D eigenvalue weighted by molar-refractivity contribution is 0.391. The molecule has 0 unspecified atom stereocenters. The minimum Gasteiger partial charge on any atom is -0.493 e. The van der Waals surface area contributed by atoms with E-state index in [0.717, 1.165) is 11.8 Å². The van der Waals surface area contributed by atoms with Crippen molar-refractivity contribution in [2.45, 2.75) is 26.4 Å². The molecule has 0 spiro atoms. The van der Waals surface area contributed by atoms with Crippen LogP contribution in [-0.4, -0.2) is 27.8 Å². The molecule has 0 bridgehead atoms. The van der Waals surface area contributed by atoms with E-state index in [-0.39, 0.29) is 5.75 Å². The van der Waals surface area contributed by atoms with Gasteiger partial charge in [0.2, 0.25) is 0 Å². The predicted molar refractivity (Wildman–Crippen MR) is 70.4 cm³/mol. The molecule has 0 radical (unpaired) electrons. The molecule has 0 aliphatic carbocycles. The molecule has 0 saturated carbocycles. The highest BCUT2D eigenvalue weighted by molar-refractivity contribution is 7.86. The highest BCUT2D eigenvalue weighted by atomic mass is 32.2. The van der Waals surface area contributed by atoms with Crippen molar-refractivity contribution in [3.8, 4) is 11.5 Å². The highest BCUT2D eigenvalue weighted by Gasteiger charge is 2.11. The first kappa shape index (κ1) is 14.8. The van der Waals surface area contributed by atoms with Crippen LogP contribution < -0.4 is 14.2 Å². The second-order valence-corrected chi connectivity index (χ2v) is 5.88. The first-order valence-electron chi connectivity index (χ1n) is 5.61. The van der Waals surface area contributed by atoms with Gasteiger partial charge in [-0.3, -0.25) is 0 Å². The van der Waals surface area contributed by atoms with Gasteiger partial charge in [-0.15, -0.1) is 0 Å². The van der Waals surface area contributed by atoms with Gasteiger partial charge in [-0.25, -0.2) is 0 Å². The molecule has 6 heteroatoms. The first-order valence-corrected chi connectivity index (χ1v) is 7.43. The van der Waals surface area contributed by atoms with Crippen molar-refractivity contribution >= 4 is 10.1 Å². The summed E-state index contributed by atoms with van der Waals surface area (Å²) in [6.07, 6.45) is 1.01. The third-order valence-corrected chi connectivity index (χ3v) is 2.67. The zero-order valence-electron chi connectivity index (χ0n) is 11.1. The smallest absolute Gasteiger partial charge is 0.306 e. The van der Waals surface area contributed by atoms with Crippen molar-refractivity contribution in [1.82, 2.24) is 5.32 Å². The van der Waals surface area contributed by atoms with Crippen molar-refractivity contribution in [2.75, 3.05) is 13.4 Å². The quantitative estimate of drug-likeness (QED) is 0.796. The van der Waals surface area contributed by atoms with Gasteiger partial charge in [0.1, 0.15) is 0 Å². The molecule has 102 valence electrons. The maximum absolute atomic E-state index is 11.2. The van der Waals surface area contributed by atoms with Gasteiger partial charge in [-0.05, 0) is 17.7 Å². The molecular weight excluding hydrogens is 254 g/mol. The molecule has 18 heavy (non-hydrogen) atoms. The van der Waals surface area contributed by atoms with Crippen molar-refractivity contribution in [3.63, 3.8) is 0 Å². The number of hydrogen-bond acceptors (Lipinski definition) is 5. The monoisotopic (exact) mass is 273 g/mol. The van der Waals surface area contributed by atoms with E-state index in [4.69, 9.17) is 8.92 Å². The van der Waals surface area contributed by atoms with Gasteiger partial charge in [0, 0.05) is 12.6 Å². The van der Waals surface area contributed by atoms with Crippen LogP contribution in [0.25, 0.3) is 0 Å². The molecule has 0 saturated heterocycles. The average molecular weight is 273 g/mol. The van der Waals surface area contributed by atoms with E-state index in [1.807, 2.05) is 19.9 Å². The van der Waals surface area contributed by atoms with E-state index < -0.39 is 10.1 Å². The molecule has 1 N–H and O–H groups in total. The van der Waals surface area contributed by atoms with Gasteiger partial charge in [0.25, 0.3) is 0 Å². The fourth-order valence-corrected chi connectivity index (χ4v) is 1.84. The summed E-state index contributed by atoms with van der Waals surface area (Å²) in [6.45, 7) is 4.72. The number of methoxy groups -OCH3 is 1. The van der Waals surface area contributed by atoms with E-state index in [1.165, 1.54) is 7.11 Å². The van der Waals surface area contributed by atoms with Crippen LogP contribution in [0.15, 0.2) is 18.2 Å². The summed E-state index contributed by atoms with van der Waals surface area (Å²) in [6, 6.07) is 5.57. The van der Waals surface area contributed by atoms with Crippen LogP contribution in [0, 0.1) is 0 Å². The Hall–Kier alpha value is -1.27. The zero-order chi connectivity index (χ0) is 13.8. The van der Waals surface area contributed by atoms with Crippen molar-refractivity contribution in [2.24, 2.45) is 0 Å². The molecule has 0 aliphatic rings. The highest BCUT2D eigenvalue weighted by Crippen LogP contribution is 2.29. The first-order chi connectivity index (χ1) is 8.31. The van der Waals surface area contributed by atoms with Crippen LogP contribution in [0.2, 0.25) is 0 Å². The number of benzene rings is 1. The van der Waals surface area contributed by atoms with E-state index >= 15 is 0 Å². The van der Waals surface area contributed by atoms with E-state index in [9.17, 15) is 8.42 Å². The molecule has 1 rings (SSSR count). The molecule has 0 aliphatic heterocycles. The van der Waals surface area contributed by atoms with Gasteiger partial charge < -0.3 is 14.2 Å². The molecule has 0 fully saturated rings. The second-order valence-electron chi connectivity index (χ2n) is 4.31. The molecule has 1 aromatic carbocycles. The van der Waals surface area contributed by atoms with Crippen LogP contribution >= 0.6 is 0 Å². The minimum absolute atomic E-state index is 0.211. The third-order valence-electron chi connectivity index (χ3n) is 2.18. The summed E-state index contributed by atoms with van der Waals surface area (Å²) in [5.41, 5.74) is 0.933. The fraction of sp³-hybridized carbons (Fsp3) is 0.500. The summed E-state index contributed by atoms with van der Waals surface area (Å²) < 4.78 is 32.3. The summed E-state index contributed by atoms with van der Waals surface area (Å²) in [5.74, 6) is 0.608. The van der Waals surface area contributed by atoms with Crippen LogP contribution in [0.3, 0.4) is 0 Å². The van der Waals surface area contributed by atoms with Gasteiger partial charge in [-0.1, -0.05) is 19.9 Å². The van der Waals surface area contributed by atoms with E-state index in [2.05, 4.69) is 5.32 Å². The molecule has 0 atom stereocenters. The Labute approximate surface area is 108 Å². The van der Waals surface area contributed by atoms with Gasteiger partial charge in [0.05, 0.1) is 13.4 Å². The van der Waals surface area contributed by atoms with Gasteiger partial charge in [-0.2, -0.15) is 8.42 Å². The Morgan fingerprint density at radius 3 is 2.44 bits per heavy atom. The normalized spacial score (nSPS) is 11.6. The lowest BCUT2D eigenvalue weighted by Gasteiger charge is -2.12. The molecular formula is C12H19NO4S. The predicted octanol–water partition coefficient (Wildman–Crippen LogP) is 1.53. The summed E-state index contributed by atoms with van der Waals surface area (Å²) >= 11 is 0. The van der Waals surface area contributed by atoms with Crippen LogP contribution in [-0.2, 0) is 16.7 Å². The van der Waals surface area contributed by atoms with E-state index in [1.54, 1.807) is 12.1 Å². The van der Waals surface area contributed by atoms with Crippen LogP contribution in [0.4, 0.5) is 0 Å². The molecule has 0 heterocycles. The Bertz CT molecular complexity index is 497.